The first kappa shape index (κ1) is 20.9. The van der Waals surface area contributed by atoms with Crippen molar-refractivity contribution in [2.45, 2.75) is 32.2 Å². The molecule has 0 bridgehead atoms. The van der Waals surface area contributed by atoms with Gasteiger partial charge in [-0.1, -0.05) is 59.6 Å². The van der Waals surface area contributed by atoms with E-state index >= 15 is 0 Å². The zero-order valence-corrected chi connectivity index (χ0v) is 17.3. The number of amides is 2. The van der Waals surface area contributed by atoms with Gasteiger partial charge in [0.15, 0.2) is 0 Å². The average molecular weight is 422 g/mol. The predicted molar refractivity (Wildman–Crippen MR) is 113 cm³/mol. The van der Waals surface area contributed by atoms with E-state index in [1.54, 1.807) is 0 Å². The number of rotatable bonds is 6. The van der Waals surface area contributed by atoms with Crippen molar-refractivity contribution in [1.82, 2.24) is 15.5 Å². The fourth-order valence-corrected chi connectivity index (χ4v) is 3.46. The fraction of sp³-hybridized carbons (Fsp3) is 0.381. The van der Waals surface area contributed by atoms with E-state index in [9.17, 15) is 4.79 Å². The molecule has 150 valence electrons. The molecule has 0 saturated carbocycles. The van der Waals surface area contributed by atoms with Gasteiger partial charge in [0.2, 0.25) is 0 Å². The number of halogens is 2. The third-order valence-corrected chi connectivity index (χ3v) is 5.53. The zero-order chi connectivity index (χ0) is 19.9. The third kappa shape index (κ3) is 6.11. The van der Waals surface area contributed by atoms with Crippen LogP contribution in [0.5, 0.6) is 0 Å². The number of hydrogen-bond acceptors (Lipinski definition) is 3. The molecule has 7 heteroatoms. The van der Waals surface area contributed by atoms with E-state index in [0.29, 0.717) is 29.7 Å². The Labute approximate surface area is 176 Å². The summed E-state index contributed by atoms with van der Waals surface area (Å²) in [4.78, 5) is 14.4. The van der Waals surface area contributed by atoms with Crippen LogP contribution >= 0.6 is 23.2 Å². The van der Waals surface area contributed by atoms with E-state index in [1.807, 2.05) is 48.5 Å². The monoisotopic (exact) mass is 421 g/mol. The molecule has 0 radical (unpaired) electrons. The van der Waals surface area contributed by atoms with Crippen molar-refractivity contribution in [3.05, 3.63) is 69.7 Å². The second kappa shape index (κ2) is 10.1. The Balaban J connectivity index is 1.45. The summed E-state index contributed by atoms with van der Waals surface area (Å²) in [7, 11) is 0. The molecule has 2 amide bonds. The predicted octanol–water partition coefficient (Wildman–Crippen LogP) is 4.08. The normalized spacial score (nSPS) is 20.0. The largest absolute Gasteiger partial charge is 0.373 e. The number of carbonyl (C=O) groups excluding carboxylic acids is 1. The minimum Gasteiger partial charge on any atom is -0.373 e. The van der Waals surface area contributed by atoms with Gasteiger partial charge in [0.05, 0.1) is 22.8 Å². The van der Waals surface area contributed by atoms with Crippen LogP contribution in [-0.2, 0) is 17.8 Å². The summed E-state index contributed by atoms with van der Waals surface area (Å²) >= 11 is 12.1. The minimum atomic E-state index is -0.192. The number of morpholine rings is 1. The van der Waals surface area contributed by atoms with E-state index in [1.165, 1.54) is 0 Å². The van der Waals surface area contributed by atoms with Gasteiger partial charge in [0.25, 0.3) is 0 Å². The molecule has 2 aromatic carbocycles. The van der Waals surface area contributed by atoms with Crippen molar-refractivity contribution in [1.29, 1.82) is 0 Å². The summed E-state index contributed by atoms with van der Waals surface area (Å²) in [5.41, 5.74) is 2.17. The maximum Gasteiger partial charge on any atom is 0.315 e. The summed E-state index contributed by atoms with van der Waals surface area (Å²) in [6.45, 7) is 5.22. The van der Waals surface area contributed by atoms with E-state index in [2.05, 4.69) is 22.5 Å². The number of hydrogen-bond donors (Lipinski definition) is 2. The lowest BCUT2D eigenvalue weighted by atomic mass is 10.1. The molecule has 2 atom stereocenters. The van der Waals surface area contributed by atoms with Crippen LogP contribution in [0.15, 0.2) is 48.5 Å². The first-order valence-corrected chi connectivity index (χ1v) is 10.1. The molecule has 1 fully saturated rings. The standard InChI is InChI=1S/C21H25Cl2N3O2/c1-15-14-28-18(11-25-21(27)24-10-16-5-3-2-4-6-16)13-26(15)12-17-7-8-19(22)20(23)9-17/h2-9,15,18H,10-14H2,1H3,(H2,24,25,27)/t15-,18+/m1/s1. The molecule has 1 heterocycles. The maximum absolute atomic E-state index is 12.0. The molecule has 28 heavy (non-hydrogen) atoms. The molecule has 1 saturated heterocycles. The van der Waals surface area contributed by atoms with Crippen molar-refractivity contribution < 1.29 is 9.53 Å². The molecule has 2 N–H and O–H groups in total. The average Bonchev–Trinajstić information content (AvgIpc) is 2.70. The van der Waals surface area contributed by atoms with Crippen LogP contribution in [0, 0.1) is 0 Å². The molecule has 0 aromatic heterocycles. The van der Waals surface area contributed by atoms with Crippen LogP contribution in [0.4, 0.5) is 4.79 Å². The summed E-state index contributed by atoms with van der Waals surface area (Å²) in [5, 5.41) is 6.88. The maximum atomic E-state index is 12.0. The molecule has 3 rings (SSSR count). The van der Waals surface area contributed by atoms with Gasteiger partial charge in [-0.2, -0.15) is 0 Å². The SMILES string of the molecule is C[C@@H]1CO[C@@H](CNC(=O)NCc2ccccc2)CN1Cc1ccc(Cl)c(Cl)c1. The van der Waals surface area contributed by atoms with Crippen LogP contribution in [0.1, 0.15) is 18.1 Å². The second-order valence-corrected chi connectivity index (χ2v) is 7.85. The van der Waals surface area contributed by atoms with Crippen LogP contribution in [0.25, 0.3) is 0 Å². The Morgan fingerprint density at radius 2 is 1.89 bits per heavy atom. The zero-order valence-electron chi connectivity index (χ0n) is 15.8. The van der Waals surface area contributed by atoms with Gasteiger partial charge >= 0.3 is 6.03 Å². The van der Waals surface area contributed by atoms with Crippen LogP contribution in [-0.4, -0.2) is 42.8 Å². The lowest BCUT2D eigenvalue weighted by Gasteiger charge is -2.38. The molecule has 0 spiro atoms. The van der Waals surface area contributed by atoms with Crippen molar-refractivity contribution in [2.24, 2.45) is 0 Å². The highest BCUT2D eigenvalue weighted by Crippen LogP contribution is 2.24. The van der Waals surface area contributed by atoms with Gasteiger partial charge in [0, 0.05) is 32.2 Å². The number of nitrogens with one attached hydrogen (secondary N) is 2. The Hall–Kier alpha value is -1.79. The molecule has 2 aromatic rings. The number of nitrogens with zero attached hydrogens (tertiary/aromatic N) is 1. The smallest absolute Gasteiger partial charge is 0.315 e. The van der Waals surface area contributed by atoms with E-state index < -0.39 is 0 Å². The van der Waals surface area contributed by atoms with Crippen LogP contribution in [0.3, 0.4) is 0 Å². The van der Waals surface area contributed by atoms with E-state index in [4.69, 9.17) is 27.9 Å². The first-order valence-electron chi connectivity index (χ1n) is 9.36. The number of ether oxygens (including phenoxy) is 1. The van der Waals surface area contributed by atoms with Crippen molar-refractivity contribution in [3.8, 4) is 0 Å². The molecular formula is C21H25Cl2N3O2. The number of carbonyl (C=O) groups is 1. The highest BCUT2D eigenvalue weighted by atomic mass is 35.5. The van der Waals surface area contributed by atoms with E-state index in [-0.39, 0.29) is 18.2 Å². The molecule has 5 nitrogen and oxygen atoms in total. The minimum absolute atomic E-state index is 0.0542. The van der Waals surface area contributed by atoms with Gasteiger partial charge in [-0.15, -0.1) is 0 Å². The lowest BCUT2D eigenvalue weighted by Crippen LogP contribution is -2.52. The first-order chi connectivity index (χ1) is 13.5. The third-order valence-electron chi connectivity index (χ3n) is 4.79. The fourth-order valence-electron chi connectivity index (χ4n) is 3.14. The quantitative estimate of drug-likeness (QED) is 0.738. The summed E-state index contributed by atoms with van der Waals surface area (Å²) in [6, 6.07) is 15.6. The van der Waals surface area contributed by atoms with Gasteiger partial charge in [-0.25, -0.2) is 4.79 Å². The van der Waals surface area contributed by atoms with Crippen molar-refractivity contribution in [2.75, 3.05) is 19.7 Å². The summed E-state index contributed by atoms with van der Waals surface area (Å²) in [6.07, 6.45) is -0.0542. The van der Waals surface area contributed by atoms with Gasteiger partial charge in [-0.05, 0) is 30.2 Å². The number of urea groups is 1. The van der Waals surface area contributed by atoms with Crippen LogP contribution < -0.4 is 10.6 Å². The lowest BCUT2D eigenvalue weighted by molar-refractivity contribution is -0.0588. The van der Waals surface area contributed by atoms with E-state index in [0.717, 1.165) is 24.2 Å². The topological polar surface area (TPSA) is 53.6 Å². The van der Waals surface area contributed by atoms with Gasteiger partial charge < -0.3 is 15.4 Å². The Morgan fingerprint density at radius 3 is 2.64 bits per heavy atom. The molecule has 0 aliphatic carbocycles. The highest BCUT2D eigenvalue weighted by molar-refractivity contribution is 6.42. The van der Waals surface area contributed by atoms with Crippen LogP contribution in [0.2, 0.25) is 10.0 Å². The molecule has 1 aliphatic heterocycles. The van der Waals surface area contributed by atoms with Crippen molar-refractivity contribution >= 4 is 29.2 Å². The molecule has 0 unspecified atom stereocenters. The van der Waals surface area contributed by atoms with Crippen molar-refractivity contribution in [3.63, 3.8) is 0 Å². The second-order valence-electron chi connectivity index (χ2n) is 7.03. The highest BCUT2D eigenvalue weighted by Gasteiger charge is 2.26. The molecule has 1 aliphatic rings. The summed E-state index contributed by atoms with van der Waals surface area (Å²) in [5.74, 6) is 0. The Morgan fingerprint density at radius 1 is 1.11 bits per heavy atom. The summed E-state index contributed by atoms with van der Waals surface area (Å²) < 4.78 is 5.88. The van der Waals surface area contributed by atoms with Gasteiger partial charge in [-0.3, -0.25) is 4.90 Å². The Kier molecular flexibility index (Phi) is 7.57. The number of benzene rings is 2. The Bertz CT molecular complexity index is 788. The van der Waals surface area contributed by atoms with Gasteiger partial charge in [0.1, 0.15) is 0 Å². The molecular weight excluding hydrogens is 397 g/mol.